The number of hydrogen-bond donors (Lipinski definition) is 1. The van der Waals surface area contributed by atoms with Gasteiger partial charge in [-0.3, -0.25) is 14.8 Å². The zero-order valence-electron chi connectivity index (χ0n) is 17.1. The first kappa shape index (κ1) is 19.8. The van der Waals surface area contributed by atoms with Gasteiger partial charge in [0.25, 0.3) is 5.91 Å². The van der Waals surface area contributed by atoms with Gasteiger partial charge in [-0.15, -0.1) is 11.3 Å². The molecule has 0 fully saturated rings. The second-order valence-corrected chi connectivity index (χ2v) is 7.77. The van der Waals surface area contributed by atoms with Crippen molar-refractivity contribution in [2.45, 2.75) is 27.4 Å². The van der Waals surface area contributed by atoms with E-state index in [-0.39, 0.29) is 5.91 Å². The van der Waals surface area contributed by atoms with E-state index >= 15 is 0 Å². The number of carbonyl (C=O) groups excluding carboxylic acids is 1. The Morgan fingerprint density at radius 3 is 2.80 bits per heavy atom. The number of amides is 1. The molecule has 0 saturated heterocycles. The first-order chi connectivity index (χ1) is 14.4. The molecule has 9 heteroatoms. The molecule has 0 aliphatic heterocycles. The van der Waals surface area contributed by atoms with Crippen molar-refractivity contribution in [3.05, 3.63) is 64.1 Å². The second kappa shape index (κ2) is 8.11. The van der Waals surface area contributed by atoms with Gasteiger partial charge in [0.1, 0.15) is 18.1 Å². The van der Waals surface area contributed by atoms with Crippen LogP contribution >= 0.6 is 11.3 Å². The van der Waals surface area contributed by atoms with E-state index in [2.05, 4.69) is 20.6 Å². The van der Waals surface area contributed by atoms with Gasteiger partial charge in [0.05, 0.1) is 22.6 Å². The van der Waals surface area contributed by atoms with Crippen LogP contribution in [0.1, 0.15) is 33.1 Å². The number of ether oxygens (including phenoxy) is 1. The summed E-state index contributed by atoms with van der Waals surface area (Å²) in [5.41, 5.74) is 4.82. The molecule has 0 atom stereocenters. The lowest BCUT2D eigenvalue weighted by atomic mass is 10.2. The highest BCUT2D eigenvalue weighted by molar-refractivity contribution is 7.14. The molecule has 0 aliphatic rings. The lowest BCUT2D eigenvalue weighted by molar-refractivity contribution is 0.102. The largest absolute Gasteiger partial charge is 0.489 e. The van der Waals surface area contributed by atoms with Crippen molar-refractivity contribution in [2.24, 2.45) is 7.05 Å². The summed E-state index contributed by atoms with van der Waals surface area (Å²) in [6.45, 7) is 5.97. The summed E-state index contributed by atoms with van der Waals surface area (Å²) in [7, 11) is 1.87. The number of hydrogen-bond acceptors (Lipinski definition) is 7. The number of benzene rings is 1. The highest BCUT2D eigenvalue weighted by Gasteiger charge is 2.14. The van der Waals surface area contributed by atoms with Crippen molar-refractivity contribution in [3.8, 4) is 17.0 Å². The van der Waals surface area contributed by atoms with E-state index in [0.29, 0.717) is 23.1 Å². The molecule has 4 rings (SSSR count). The third-order valence-corrected chi connectivity index (χ3v) is 5.43. The van der Waals surface area contributed by atoms with Crippen LogP contribution in [0.5, 0.6) is 5.75 Å². The molecular formula is C21H21N5O3S. The fourth-order valence-corrected chi connectivity index (χ4v) is 3.77. The molecule has 3 aromatic heterocycles. The smallest absolute Gasteiger partial charge is 0.257 e. The first-order valence-electron chi connectivity index (χ1n) is 9.33. The number of thiazole rings is 1. The minimum absolute atomic E-state index is 0.249. The number of aromatic nitrogens is 4. The average molecular weight is 423 g/mol. The van der Waals surface area contributed by atoms with Crippen LogP contribution in [-0.4, -0.2) is 25.8 Å². The highest BCUT2D eigenvalue weighted by Crippen LogP contribution is 2.27. The molecule has 1 N–H and O–H groups in total. The van der Waals surface area contributed by atoms with Gasteiger partial charge in [-0.25, -0.2) is 4.98 Å². The normalized spacial score (nSPS) is 10.9. The monoisotopic (exact) mass is 423 g/mol. The molecule has 1 amide bonds. The number of rotatable bonds is 6. The minimum atomic E-state index is -0.249. The lowest BCUT2D eigenvalue weighted by Gasteiger charge is -2.08. The van der Waals surface area contributed by atoms with E-state index in [4.69, 9.17) is 9.26 Å². The van der Waals surface area contributed by atoms with E-state index in [1.54, 1.807) is 22.9 Å². The van der Waals surface area contributed by atoms with Crippen LogP contribution in [0.2, 0.25) is 0 Å². The van der Waals surface area contributed by atoms with Gasteiger partial charge in [0.2, 0.25) is 0 Å². The van der Waals surface area contributed by atoms with Gasteiger partial charge < -0.3 is 9.26 Å². The van der Waals surface area contributed by atoms with Crippen LogP contribution < -0.4 is 10.1 Å². The van der Waals surface area contributed by atoms with Crippen LogP contribution in [0.25, 0.3) is 11.3 Å². The van der Waals surface area contributed by atoms with Crippen molar-refractivity contribution in [3.63, 3.8) is 0 Å². The minimum Gasteiger partial charge on any atom is -0.489 e. The summed E-state index contributed by atoms with van der Waals surface area (Å²) in [5, 5.41) is 13.5. The molecule has 154 valence electrons. The Balaban J connectivity index is 1.44. The molecule has 0 aliphatic carbocycles. The fourth-order valence-electron chi connectivity index (χ4n) is 3.07. The molecule has 0 radical (unpaired) electrons. The van der Waals surface area contributed by atoms with Gasteiger partial charge >= 0.3 is 0 Å². The maximum Gasteiger partial charge on any atom is 0.257 e. The van der Waals surface area contributed by atoms with E-state index in [9.17, 15) is 4.79 Å². The molecule has 30 heavy (non-hydrogen) atoms. The molecule has 0 unspecified atom stereocenters. The van der Waals surface area contributed by atoms with E-state index in [1.807, 2.05) is 45.5 Å². The molecule has 3 heterocycles. The maximum absolute atomic E-state index is 12.7. The number of nitrogens with zero attached hydrogens (tertiary/aromatic N) is 4. The predicted octanol–water partition coefficient (Wildman–Crippen LogP) is 4.29. The quantitative estimate of drug-likeness (QED) is 0.497. The van der Waals surface area contributed by atoms with Crippen LogP contribution in [-0.2, 0) is 13.7 Å². The van der Waals surface area contributed by atoms with E-state index in [0.717, 1.165) is 34.0 Å². The van der Waals surface area contributed by atoms with Crippen LogP contribution in [0, 0.1) is 20.8 Å². The van der Waals surface area contributed by atoms with Gasteiger partial charge in [0.15, 0.2) is 5.13 Å². The molecule has 8 nitrogen and oxygen atoms in total. The van der Waals surface area contributed by atoms with Crippen LogP contribution in [0.15, 0.2) is 40.4 Å². The number of carbonyl (C=O) groups is 1. The molecule has 0 saturated carbocycles. The predicted molar refractivity (Wildman–Crippen MR) is 114 cm³/mol. The summed E-state index contributed by atoms with van der Waals surface area (Å²) in [4.78, 5) is 17.2. The van der Waals surface area contributed by atoms with E-state index < -0.39 is 0 Å². The Kier molecular flexibility index (Phi) is 5.37. The third kappa shape index (κ3) is 4.11. The van der Waals surface area contributed by atoms with Gasteiger partial charge in [-0.2, -0.15) is 5.10 Å². The number of aryl methyl sites for hydroxylation is 4. The standard InChI is InChI=1S/C21H21N5O3S/c1-12-17(9-26(4)24-12)19-11-30-21(22-19)23-20(27)15-6-5-7-16(8-15)28-10-18-13(2)25-29-14(18)3/h5-9,11H,10H2,1-4H3,(H,22,23,27). The SMILES string of the molecule is Cc1nn(C)cc1-c1csc(NC(=O)c2cccc(OCc3c(C)noc3C)c2)n1. The molecule has 1 aromatic carbocycles. The molecule has 4 aromatic rings. The Morgan fingerprint density at radius 2 is 2.10 bits per heavy atom. The van der Waals surface area contributed by atoms with Gasteiger partial charge in [-0.1, -0.05) is 11.2 Å². The fraction of sp³-hybridized carbons (Fsp3) is 0.238. The molecule has 0 spiro atoms. The number of nitrogens with one attached hydrogen (secondary N) is 1. The summed E-state index contributed by atoms with van der Waals surface area (Å²) in [6.07, 6.45) is 1.91. The van der Waals surface area contributed by atoms with Gasteiger partial charge in [0, 0.05) is 29.8 Å². The summed E-state index contributed by atoms with van der Waals surface area (Å²) < 4.78 is 12.7. The molecular weight excluding hydrogens is 402 g/mol. The molecule has 0 bridgehead atoms. The third-order valence-electron chi connectivity index (χ3n) is 4.67. The second-order valence-electron chi connectivity index (χ2n) is 6.91. The van der Waals surface area contributed by atoms with Crippen molar-refractivity contribution >= 4 is 22.4 Å². The Morgan fingerprint density at radius 1 is 1.27 bits per heavy atom. The van der Waals surface area contributed by atoms with Crippen LogP contribution in [0.3, 0.4) is 0 Å². The first-order valence-corrected chi connectivity index (χ1v) is 10.2. The van der Waals surface area contributed by atoms with E-state index in [1.165, 1.54) is 11.3 Å². The highest BCUT2D eigenvalue weighted by atomic mass is 32.1. The Hall–Kier alpha value is -3.46. The Bertz CT molecular complexity index is 1190. The average Bonchev–Trinajstić information content (AvgIpc) is 3.40. The zero-order valence-corrected chi connectivity index (χ0v) is 17.9. The summed E-state index contributed by atoms with van der Waals surface area (Å²) in [5.74, 6) is 1.07. The van der Waals surface area contributed by atoms with Crippen molar-refractivity contribution in [1.29, 1.82) is 0 Å². The topological polar surface area (TPSA) is 95.1 Å². The van der Waals surface area contributed by atoms with Crippen molar-refractivity contribution < 1.29 is 14.1 Å². The van der Waals surface area contributed by atoms with Crippen molar-refractivity contribution in [1.82, 2.24) is 19.9 Å². The summed E-state index contributed by atoms with van der Waals surface area (Å²) >= 11 is 1.37. The summed E-state index contributed by atoms with van der Waals surface area (Å²) in [6, 6.07) is 7.02. The van der Waals surface area contributed by atoms with Crippen molar-refractivity contribution in [2.75, 3.05) is 5.32 Å². The number of anilines is 1. The van der Waals surface area contributed by atoms with Crippen LogP contribution in [0.4, 0.5) is 5.13 Å². The maximum atomic E-state index is 12.7. The van der Waals surface area contributed by atoms with Gasteiger partial charge in [-0.05, 0) is 39.0 Å². The zero-order chi connectivity index (χ0) is 21.3. The Labute approximate surface area is 177 Å². The lowest BCUT2D eigenvalue weighted by Crippen LogP contribution is -2.11.